The van der Waals surface area contributed by atoms with Crippen LogP contribution in [0.15, 0.2) is 57.5 Å². The lowest BCUT2D eigenvalue weighted by molar-refractivity contribution is -0.139. The van der Waals surface area contributed by atoms with Crippen molar-refractivity contribution in [3.63, 3.8) is 0 Å². The number of carbonyl (C=O) groups excluding carboxylic acids is 2. The first-order valence-corrected chi connectivity index (χ1v) is 12.4. The third-order valence-corrected chi connectivity index (χ3v) is 6.67. The van der Waals surface area contributed by atoms with Gasteiger partial charge in [-0.2, -0.15) is 0 Å². The van der Waals surface area contributed by atoms with Crippen LogP contribution in [0.4, 0.5) is 5.69 Å². The monoisotopic (exact) mass is 559 g/mol. The van der Waals surface area contributed by atoms with E-state index in [1.54, 1.807) is 31.2 Å². The fourth-order valence-electron chi connectivity index (χ4n) is 2.80. The summed E-state index contributed by atoms with van der Waals surface area (Å²) >= 11 is 6.68. The van der Waals surface area contributed by atoms with Crippen LogP contribution in [0.3, 0.4) is 0 Å². The molecule has 30 heavy (non-hydrogen) atoms. The molecule has 2 aromatic carbocycles. The van der Waals surface area contributed by atoms with Crippen molar-refractivity contribution in [1.82, 2.24) is 10.2 Å². The van der Waals surface area contributed by atoms with Crippen molar-refractivity contribution in [2.75, 3.05) is 24.2 Å². The van der Waals surface area contributed by atoms with Gasteiger partial charge in [0.25, 0.3) is 0 Å². The van der Waals surface area contributed by atoms with E-state index < -0.39 is 28.5 Å². The van der Waals surface area contributed by atoms with E-state index >= 15 is 0 Å². The van der Waals surface area contributed by atoms with Gasteiger partial charge in [-0.15, -0.1) is 0 Å². The number of nitrogens with zero attached hydrogens (tertiary/aromatic N) is 2. The van der Waals surface area contributed by atoms with Crippen molar-refractivity contribution in [2.45, 2.75) is 19.5 Å². The molecular weight excluding hydrogens is 538 g/mol. The second kappa shape index (κ2) is 10.4. The predicted octanol–water partition coefficient (Wildman–Crippen LogP) is 3.14. The molecule has 7 nitrogen and oxygen atoms in total. The number of hydrogen-bond acceptors (Lipinski definition) is 4. The number of benzene rings is 2. The molecule has 0 bridgehead atoms. The molecule has 2 rings (SSSR count). The number of hydrogen-bond donors (Lipinski definition) is 1. The molecule has 0 aliphatic carbocycles. The minimum absolute atomic E-state index is 0.165. The number of halogens is 2. The quantitative estimate of drug-likeness (QED) is 0.537. The molecule has 1 atom stereocenters. The third kappa shape index (κ3) is 6.55. The summed E-state index contributed by atoms with van der Waals surface area (Å²) in [4.78, 5) is 26.8. The smallest absolute Gasteiger partial charge is 0.244 e. The molecule has 1 unspecified atom stereocenters. The van der Waals surface area contributed by atoms with Crippen LogP contribution in [-0.4, -0.2) is 51.0 Å². The summed E-state index contributed by atoms with van der Waals surface area (Å²) in [5, 5.41) is 2.54. The number of nitrogens with one attached hydrogen (secondary N) is 1. The van der Waals surface area contributed by atoms with Crippen molar-refractivity contribution in [3.05, 3.63) is 63.0 Å². The molecule has 0 aliphatic rings. The van der Waals surface area contributed by atoms with Crippen LogP contribution in [-0.2, 0) is 26.2 Å². The molecule has 0 heterocycles. The van der Waals surface area contributed by atoms with Crippen LogP contribution in [0.25, 0.3) is 0 Å². The Kier molecular flexibility index (Phi) is 8.45. The Morgan fingerprint density at radius 3 is 1.97 bits per heavy atom. The van der Waals surface area contributed by atoms with Crippen molar-refractivity contribution in [1.29, 1.82) is 0 Å². The van der Waals surface area contributed by atoms with Gasteiger partial charge in [-0.05, 0) is 48.9 Å². The van der Waals surface area contributed by atoms with Gasteiger partial charge in [-0.25, -0.2) is 8.42 Å². The van der Waals surface area contributed by atoms with Crippen molar-refractivity contribution < 1.29 is 18.0 Å². The number of likely N-dealkylation sites (N-methyl/N-ethyl adjacent to an activating group) is 1. The lowest BCUT2D eigenvalue weighted by Crippen LogP contribution is -2.50. The maximum atomic E-state index is 13.2. The Labute approximate surface area is 193 Å². The van der Waals surface area contributed by atoms with Gasteiger partial charge < -0.3 is 10.2 Å². The van der Waals surface area contributed by atoms with Crippen molar-refractivity contribution in [3.8, 4) is 0 Å². The zero-order valence-electron chi connectivity index (χ0n) is 16.8. The summed E-state index contributed by atoms with van der Waals surface area (Å²) in [6, 6.07) is 13.2. The Bertz CT molecular complexity index is 996. The zero-order chi connectivity index (χ0) is 22.5. The van der Waals surface area contributed by atoms with E-state index in [4.69, 9.17) is 0 Å². The Morgan fingerprint density at radius 1 is 1.00 bits per heavy atom. The van der Waals surface area contributed by atoms with Gasteiger partial charge in [0.05, 0.1) is 11.9 Å². The Balaban J connectivity index is 2.35. The molecule has 2 aromatic rings. The number of carbonyl (C=O) groups is 2. The van der Waals surface area contributed by atoms with E-state index in [2.05, 4.69) is 37.2 Å². The Morgan fingerprint density at radius 2 is 1.50 bits per heavy atom. The summed E-state index contributed by atoms with van der Waals surface area (Å²) in [5.74, 6) is -0.822. The predicted molar refractivity (Wildman–Crippen MR) is 125 cm³/mol. The third-order valence-electron chi connectivity index (χ3n) is 4.47. The molecule has 10 heteroatoms. The number of rotatable bonds is 8. The average Bonchev–Trinajstić information content (AvgIpc) is 2.70. The molecule has 162 valence electrons. The molecule has 0 fully saturated rings. The standard InChI is InChI=1S/C20H23Br2N3O4S/c1-14(20(27)23-2)24(12-15-4-6-16(21)7-5-15)19(26)13-25(30(3,28)29)18-10-8-17(22)9-11-18/h4-11,14H,12-13H2,1-3H3,(H,23,27). The number of anilines is 1. The fraction of sp³-hybridized carbons (Fsp3) is 0.300. The van der Waals surface area contributed by atoms with E-state index in [1.807, 2.05) is 24.3 Å². The molecule has 0 aromatic heterocycles. The fourth-order valence-corrected chi connectivity index (χ4v) is 4.18. The van der Waals surface area contributed by atoms with Gasteiger partial charge in [0.1, 0.15) is 12.6 Å². The highest BCUT2D eigenvalue weighted by Gasteiger charge is 2.29. The first-order chi connectivity index (χ1) is 14.0. The number of amides is 2. The summed E-state index contributed by atoms with van der Waals surface area (Å²) in [6.07, 6.45) is 1.05. The van der Waals surface area contributed by atoms with E-state index in [1.165, 1.54) is 11.9 Å². The largest absolute Gasteiger partial charge is 0.357 e. The molecule has 2 amide bonds. The highest BCUT2D eigenvalue weighted by molar-refractivity contribution is 9.10. The van der Waals surface area contributed by atoms with E-state index in [0.717, 1.165) is 25.1 Å². The van der Waals surface area contributed by atoms with Crippen molar-refractivity contribution >= 4 is 59.4 Å². The minimum atomic E-state index is -3.73. The first kappa shape index (κ1) is 24.4. The molecule has 0 saturated heterocycles. The molecule has 0 saturated carbocycles. The van der Waals surface area contributed by atoms with Crippen LogP contribution < -0.4 is 9.62 Å². The van der Waals surface area contributed by atoms with E-state index in [-0.39, 0.29) is 12.5 Å². The highest BCUT2D eigenvalue weighted by Crippen LogP contribution is 2.22. The lowest BCUT2D eigenvalue weighted by atomic mass is 10.1. The summed E-state index contributed by atoms with van der Waals surface area (Å²) in [6.45, 7) is 1.36. The van der Waals surface area contributed by atoms with Crippen LogP contribution >= 0.6 is 31.9 Å². The van der Waals surface area contributed by atoms with Crippen LogP contribution in [0.2, 0.25) is 0 Å². The summed E-state index contributed by atoms with van der Waals surface area (Å²) in [5.41, 5.74) is 1.18. The highest BCUT2D eigenvalue weighted by atomic mass is 79.9. The molecule has 1 N–H and O–H groups in total. The van der Waals surface area contributed by atoms with Crippen LogP contribution in [0, 0.1) is 0 Å². The number of sulfonamides is 1. The Hall–Kier alpha value is -1.91. The average molecular weight is 561 g/mol. The van der Waals surface area contributed by atoms with Gasteiger partial charge in [-0.1, -0.05) is 44.0 Å². The lowest BCUT2D eigenvalue weighted by Gasteiger charge is -2.31. The zero-order valence-corrected chi connectivity index (χ0v) is 20.8. The van der Waals surface area contributed by atoms with Gasteiger partial charge in [0.2, 0.25) is 21.8 Å². The summed E-state index contributed by atoms with van der Waals surface area (Å²) in [7, 11) is -2.23. The normalized spacial score (nSPS) is 12.2. The SMILES string of the molecule is CNC(=O)C(C)N(Cc1ccc(Br)cc1)C(=O)CN(c1ccc(Br)cc1)S(C)(=O)=O. The molecule has 0 aliphatic heterocycles. The van der Waals surface area contributed by atoms with E-state index in [0.29, 0.717) is 5.69 Å². The molecular formula is C20H23Br2N3O4S. The van der Waals surface area contributed by atoms with Gasteiger partial charge in [0, 0.05) is 22.5 Å². The van der Waals surface area contributed by atoms with E-state index in [9.17, 15) is 18.0 Å². The molecule has 0 radical (unpaired) electrons. The molecule has 0 spiro atoms. The maximum absolute atomic E-state index is 13.2. The van der Waals surface area contributed by atoms with Gasteiger partial charge in [0.15, 0.2) is 0 Å². The second-order valence-electron chi connectivity index (χ2n) is 6.68. The second-order valence-corrected chi connectivity index (χ2v) is 10.4. The van der Waals surface area contributed by atoms with Crippen LogP contribution in [0.5, 0.6) is 0 Å². The first-order valence-electron chi connectivity index (χ1n) is 9.01. The van der Waals surface area contributed by atoms with Crippen molar-refractivity contribution in [2.24, 2.45) is 0 Å². The van der Waals surface area contributed by atoms with Gasteiger partial charge >= 0.3 is 0 Å². The topological polar surface area (TPSA) is 86.8 Å². The minimum Gasteiger partial charge on any atom is -0.357 e. The van der Waals surface area contributed by atoms with Gasteiger partial charge in [-0.3, -0.25) is 13.9 Å². The van der Waals surface area contributed by atoms with Crippen LogP contribution in [0.1, 0.15) is 12.5 Å². The maximum Gasteiger partial charge on any atom is 0.244 e. The summed E-state index contributed by atoms with van der Waals surface area (Å²) < 4.78 is 27.5.